The van der Waals surface area contributed by atoms with Crippen molar-refractivity contribution < 1.29 is 9.90 Å². The van der Waals surface area contributed by atoms with E-state index in [1.165, 1.54) is 0 Å². The van der Waals surface area contributed by atoms with Crippen LogP contribution in [0.4, 0.5) is 4.79 Å². The SMILES string of the molecule is CC1(C)CN(C(=O)NC2CCC(O)CC2)CCS1. The van der Waals surface area contributed by atoms with Crippen LogP contribution in [0.25, 0.3) is 0 Å². The van der Waals surface area contributed by atoms with Crippen LogP contribution in [0.15, 0.2) is 0 Å². The molecule has 5 heteroatoms. The third-order valence-corrected chi connectivity index (χ3v) is 5.03. The molecule has 0 aromatic carbocycles. The largest absolute Gasteiger partial charge is 0.393 e. The summed E-state index contributed by atoms with van der Waals surface area (Å²) in [5.41, 5.74) is 0. The number of carbonyl (C=O) groups is 1. The average molecular weight is 272 g/mol. The van der Waals surface area contributed by atoms with Gasteiger partial charge in [0.2, 0.25) is 0 Å². The van der Waals surface area contributed by atoms with E-state index in [4.69, 9.17) is 0 Å². The van der Waals surface area contributed by atoms with Crippen LogP contribution in [0.3, 0.4) is 0 Å². The molecule has 0 aromatic rings. The zero-order chi connectivity index (χ0) is 13.2. The van der Waals surface area contributed by atoms with Crippen LogP contribution in [0.2, 0.25) is 0 Å². The number of aliphatic hydroxyl groups is 1. The van der Waals surface area contributed by atoms with Gasteiger partial charge in [-0.25, -0.2) is 4.79 Å². The van der Waals surface area contributed by atoms with Crippen LogP contribution in [0.1, 0.15) is 39.5 Å². The predicted molar refractivity (Wildman–Crippen MR) is 74.9 cm³/mol. The Hall–Kier alpha value is -0.420. The number of nitrogens with zero attached hydrogens (tertiary/aromatic N) is 1. The quantitative estimate of drug-likeness (QED) is 0.765. The molecule has 2 aliphatic rings. The summed E-state index contributed by atoms with van der Waals surface area (Å²) in [7, 11) is 0. The van der Waals surface area contributed by atoms with Gasteiger partial charge in [-0.15, -0.1) is 0 Å². The third kappa shape index (κ3) is 3.79. The van der Waals surface area contributed by atoms with E-state index in [0.717, 1.165) is 44.5 Å². The molecule has 0 bridgehead atoms. The molecule has 1 saturated carbocycles. The van der Waals surface area contributed by atoms with E-state index in [2.05, 4.69) is 19.2 Å². The van der Waals surface area contributed by atoms with E-state index in [1.54, 1.807) is 0 Å². The normalized spacial score (nSPS) is 32.1. The van der Waals surface area contributed by atoms with Crippen molar-refractivity contribution in [3.63, 3.8) is 0 Å². The number of urea groups is 1. The maximum atomic E-state index is 12.2. The maximum Gasteiger partial charge on any atom is 0.317 e. The predicted octanol–water partition coefficient (Wildman–Crippen LogP) is 1.83. The zero-order valence-corrected chi connectivity index (χ0v) is 12.1. The molecule has 2 amide bonds. The highest BCUT2D eigenvalue weighted by Crippen LogP contribution is 2.29. The molecule has 1 aliphatic heterocycles. The van der Waals surface area contributed by atoms with Gasteiger partial charge in [-0.2, -0.15) is 11.8 Å². The van der Waals surface area contributed by atoms with Crippen molar-refractivity contribution >= 4 is 17.8 Å². The number of nitrogens with one attached hydrogen (secondary N) is 1. The lowest BCUT2D eigenvalue weighted by atomic mass is 9.93. The molecule has 1 heterocycles. The van der Waals surface area contributed by atoms with Crippen molar-refractivity contribution in [2.45, 2.75) is 56.4 Å². The van der Waals surface area contributed by atoms with Gasteiger partial charge in [0.25, 0.3) is 0 Å². The van der Waals surface area contributed by atoms with Crippen molar-refractivity contribution in [2.75, 3.05) is 18.8 Å². The van der Waals surface area contributed by atoms with Crippen LogP contribution in [0.5, 0.6) is 0 Å². The Kier molecular flexibility index (Phi) is 4.43. The Morgan fingerprint density at radius 2 is 2.00 bits per heavy atom. The van der Waals surface area contributed by atoms with Gasteiger partial charge < -0.3 is 15.3 Å². The average Bonchev–Trinajstić information content (AvgIpc) is 2.31. The molecule has 0 atom stereocenters. The molecule has 2 fully saturated rings. The van der Waals surface area contributed by atoms with Crippen molar-refractivity contribution in [3.05, 3.63) is 0 Å². The van der Waals surface area contributed by atoms with Crippen LogP contribution in [-0.2, 0) is 0 Å². The second-order valence-electron chi connectivity index (χ2n) is 5.98. The molecule has 18 heavy (non-hydrogen) atoms. The lowest BCUT2D eigenvalue weighted by molar-refractivity contribution is 0.115. The highest BCUT2D eigenvalue weighted by atomic mass is 32.2. The topological polar surface area (TPSA) is 52.6 Å². The van der Waals surface area contributed by atoms with Crippen molar-refractivity contribution in [2.24, 2.45) is 0 Å². The molecule has 0 spiro atoms. The Morgan fingerprint density at radius 3 is 2.61 bits per heavy atom. The Balaban J connectivity index is 1.80. The van der Waals surface area contributed by atoms with Gasteiger partial charge in [0.15, 0.2) is 0 Å². The van der Waals surface area contributed by atoms with Crippen LogP contribution >= 0.6 is 11.8 Å². The van der Waals surface area contributed by atoms with E-state index < -0.39 is 0 Å². The molecular formula is C13H24N2O2S. The van der Waals surface area contributed by atoms with Crippen molar-refractivity contribution in [1.29, 1.82) is 0 Å². The Morgan fingerprint density at radius 1 is 1.33 bits per heavy atom. The summed E-state index contributed by atoms with van der Waals surface area (Å²) < 4.78 is 0.165. The highest BCUT2D eigenvalue weighted by molar-refractivity contribution is 8.00. The smallest absolute Gasteiger partial charge is 0.317 e. The van der Waals surface area contributed by atoms with Gasteiger partial charge in [-0.1, -0.05) is 0 Å². The van der Waals surface area contributed by atoms with Crippen molar-refractivity contribution in [1.82, 2.24) is 10.2 Å². The van der Waals surface area contributed by atoms with Gasteiger partial charge in [0, 0.05) is 29.6 Å². The van der Waals surface area contributed by atoms with Crippen LogP contribution in [-0.4, -0.2) is 51.8 Å². The lowest BCUT2D eigenvalue weighted by Gasteiger charge is -2.38. The van der Waals surface area contributed by atoms with Crippen molar-refractivity contribution in [3.8, 4) is 0 Å². The number of rotatable bonds is 1. The fraction of sp³-hybridized carbons (Fsp3) is 0.923. The minimum absolute atomic E-state index is 0.0739. The number of aliphatic hydroxyl groups excluding tert-OH is 1. The van der Waals surface area contributed by atoms with E-state index >= 15 is 0 Å². The summed E-state index contributed by atoms with van der Waals surface area (Å²) in [4.78, 5) is 14.1. The van der Waals surface area contributed by atoms with Gasteiger partial charge in [-0.3, -0.25) is 0 Å². The molecule has 1 aliphatic carbocycles. The number of hydrogen-bond acceptors (Lipinski definition) is 3. The van der Waals surface area contributed by atoms with Gasteiger partial charge in [0.05, 0.1) is 6.10 Å². The molecule has 2 N–H and O–H groups in total. The summed E-state index contributed by atoms with van der Waals surface area (Å²) in [6.45, 7) is 6.04. The summed E-state index contributed by atoms with van der Waals surface area (Å²) in [6, 6.07) is 0.323. The maximum absolute atomic E-state index is 12.2. The first-order valence-electron chi connectivity index (χ1n) is 6.84. The van der Waals surface area contributed by atoms with Crippen LogP contribution in [0, 0.1) is 0 Å². The number of amides is 2. The number of carbonyl (C=O) groups excluding carboxylic acids is 1. The standard InChI is InChI=1S/C13H24N2O2S/c1-13(2)9-15(7-8-18-13)12(17)14-10-3-5-11(16)6-4-10/h10-11,16H,3-9H2,1-2H3,(H,14,17). The Labute approximate surface area is 113 Å². The number of thioether (sulfide) groups is 1. The van der Waals surface area contributed by atoms with E-state index in [9.17, 15) is 9.90 Å². The first-order chi connectivity index (χ1) is 8.46. The fourth-order valence-corrected chi connectivity index (χ4v) is 3.79. The second-order valence-corrected chi connectivity index (χ2v) is 7.79. The molecule has 2 rings (SSSR count). The minimum Gasteiger partial charge on any atom is -0.393 e. The lowest BCUT2D eigenvalue weighted by Crippen LogP contribution is -2.52. The van der Waals surface area contributed by atoms with Gasteiger partial charge in [0.1, 0.15) is 0 Å². The van der Waals surface area contributed by atoms with Gasteiger partial charge >= 0.3 is 6.03 Å². The zero-order valence-electron chi connectivity index (χ0n) is 11.3. The number of hydrogen-bond donors (Lipinski definition) is 2. The highest BCUT2D eigenvalue weighted by Gasteiger charge is 2.31. The molecule has 0 unspecified atom stereocenters. The molecular weight excluding hydrogens is 248 g/mol. The molecule has 1 saturated heterocycles. The fourth-order valence-electron chi connectivity index (χ4n) is 2.68. The third-order valence-electron chi connectivity index (χ3n) is 3.74. The summed E-state index contributed by atoms with van der Waals surface area (Å²) in [6.07, 6.45) is 3.26. The van der Waals surface area contributed by atoms with E-state index in [-0.39, 0.29) is 22.9 Å². The van der Waals surface area contributed by atoms with E-state index in [0.29, 0.717) is 0 Å². The molecule has 0 aromatic heterocycles. The summed E-state index contributed by atoms with van der Waals surface area (Å²) in [5, 5.41) is 12.6. The minimum atomic E-state index is -0.163. The summed E-state index contributed by atoms with van der Waals surface area (Å²) >= 11 is 1.93. The van der Waals surface area contributed by atoms with E-state index in [1.807, 2.05) is 16.7 Å². The Bertz CT molecular complexity index is 301. The van der Waals surface area contributed by atoms with Gasteiger partial charge in [-0.05, 0) is 39.5 Å². The first-order valence-corrected chi connectivity index (χ1v) is 7.82. The summed E-state index contributed by atoms with van der Waals surface area (Å²) in [5.74, 6) is 1.02. The van der Waals surface area contributed by atoms with Crippen LogP contribution < -0.4 is 5.32 Å². The monoisotopic (exact) mass is 272 g/mol. The molecule has 4 nitrogen and oxygen atoms in total. The second kappa shape index (κ2) is 5.70. The molecule has 104 valence electrons. The molecule has 0 radical (unpaired) electrons. The first kappa shape index (κ1) is 14.0.